The number of benzene rings is 3. The Balaban J connectivity index is 1.64. The highest BCUT2D eigenvalue weighted by molar-refractivity contribution is 6.08. The number of halogens is 4. The third-order valence-electron chi connectivity index (χ3n) is 7.42. The number of carboxylic acids is 1. The van der Waals surface area contributed by atoms with Gasteiger partial charge >= 0.3 is 12.1 Å². The van der Waals surface area contributed by atoms with Gasteiger partial charge in [-0.05, 0) is 83.3 Å². The fourth-order valence-corrected chi connectivity index (χ4v) is 5.65. The van der Waals surface area contributed by atoms with Crippen LogP contribution in [-0.2, 0) is 30.4 Å². The zero-order valence-electron chi connectivity index (χ0n) is 21.7. The van der Waals surface area contributed by atoms with E-state index in [0.29, 0.717) is 63.5 Å². The summed E-state index contributed by atoms with van der Waals surface area (Å²) in [6, 6.07) is 12.2. The van der Waals surface area contributed by atoms with Crippen molar-refractivity contribution < 1.29 is 32.2 Å². The molecule has 0 atom stereocenters. The molecule has 0 amide bonds. The van der Waals surface area contributed by atoms with Gasteiger partial charge in [-0.25, -0.2) is 4.39 Å². The van der Waals surface area contributed by atoms with Gasteiger partial charge in [-0.1, -0.05) is 0 Å². The Hall–Kier alpha value is -4.73. The maximum absolute atomic E-state index is 14.2. The predicted molar refractivity (Wildman–Crippen MR) is 145 cm³/mol. The topological polar surface area (TPSA) is 81.4 Å². The summed E-state index contributed by atoms with van der Waals surface area (Å²) in [5.74, 6) is -1.46. The molecule has 1 aliphatic heterocycles. The quantitative estimate of drug-likeness (QED) is 0.255. The molecule has 2 aromatic heterocycles. The van der Waals surface area contributed by atoms with E-state index in [-0.39, 0.29) is 18.5 Å². The average molecular weight is 563 g/mol. The van der Waals surface area contributed by atoms with Crippen molar-refractivity contribution in [2.75, 3.05) is 6.61 Å². The molecule has 0 aliphatic carbocycles. The van der Waals surface area contributed by atoms with Gasteiger partial charge in [0.2, 0.25) is 0 Å². The fraction of sp³-hybridized carbons (Fsp3) is 0.194. The van der Waals surface area contributed by atoms with Crippen molar-refractivity contribution in [3.63, 3.8) is 0 Å². The number of alkyl halides is 3. The molecule has 10 heteroatoms. The minimum absolute atomic E-state index is 0.0406. The Morgan fingerprint density at radius 3 is 2.66 bits per heavy atom. The number of aryl methyl sites for hydroxylation is 1. The molecule has 0 unspecified atom stereocenters. The van der Waals surface area contributed by atoms with E-state index in [9.17, 15) is 32.3 Å². The maximum atomic E-state index is 14.2. The van der Waals surface area contributed by atoms with E-state index >= 15 is 0 Å². The average Bonchev–Trinajstić information content (AvgIpc) is 2.91. The monoisotopic (exact) mass is 562 g/mol. The molecule has 1 N–H and O–H groups in total. The molecule has 6 rings (SSSR count). The molecule has 1 aliphatic rings. The van der Waals surface area contributed by atoms with E-state index in [1.54, 1.807) is 31.3 Å². The first-order chi connectivity index (χ1) is 19.5. The largest absolute Gasteiger partial charge is 0.493 e. The number of hydrogen-bond acceptors (Lipinski definition) is 4. The predicted octanol–water partition coefficient (Wildman–Crippen LogP) is 6.29. The number of carboxylic acid groups (broad SMARTS) is 1. The highest BCUT2D eigenvalue weighted by Gasteiger charge is 2.31. The number of carbonyl (C=O) groups is 1. The lowest BCUT2D eigenvalue weighted by molar-refractivity contribution is -0.138. The molecule has 3 heterocycles. The van der Waals surface area contributed by atoms with Crippen LogP contribution in [0.25, 0.3) is 32.9 Å². The van der Waals surface area contributed by atoms with Crippen molar-refractivity contribution in [1.29, 1.82) is 0 Å². The van der Waals surface area contributed by atoms with Crippen LogP contribution in [0.5, 0.6) is 5.75 Å². The minimum Gasteiger partial charge on any atom is -0.493 e. The van der Waals surface area contributed by atoms with Gasteiger partial charge in [-0.2, -0.15) is 13.2 Å². The van der Waals surface area contributed by atoms with E-state index in [1.807, 2.05) is 12.1 Å². The number of rotatable bonds is 5. The molecular formula is C31H22F4N2O4. The minimum atomic E-state index is -4.76. The fourth-order valence-electron chi connectivity index (χ4n) is 5.65. The van der Waals surface area contributed by atoms with Gasteiger partial charge in [0.1, 0.15) is 11.6 Å². The number of nitrogens with zero attached hydrogens (tertiary/aromatic N) is 2. The molecule has 0 saturated heterocycles. The van der Waals surface area contributed by atoms with Crippen LogP contribution < -0.4 is 10.3 Å². The second-order valence-corrected chi connectivity index (χ2v) is 10.1. The first-order valence-electron chi connectivity index (χ1n) is 12.8. The highest BCUT2D eigenvalue weighted by Crippen LogP contribution is 2.42. The van der Waals surface area contributed by atoms with E-state index in [1.165, 1.54) is 10.6 Å². The number of ether oxygens (including phenoxy) is 1. The van der Waals surface area contributed by atoms with E-state index in [2.05, 4.69) is 4.98 Å². The van der Waals surface area contributed by atoms with Gasteiger partial charge in [0.25, 0.3) is 5.56 Å². The molecule has 6 nitrogen and oxygen atoms in total. The number of aromatic nitrogens is 2. The standard InChI is InChI=1S/C31H22F4N2O4/c1-16-10-24-21(3-5-26(38)37(24)15-17-11-19(31(33,34)35)13-20(32)12-17)29(23(16)14-27(39)40)22-2-4-25-28-18(7-9-41-25)6-8-36-30(22)28/h2-6,8,10-13H,7,9,14-15H2,1H3,(H,39,40). The third kappa shape index (κ3) is 4.69. The Labute approximate surface area is 230 Å². The van der Waals surface area contributed by atoms with Gasteiger partial charge < -0.3 is 14.4 Å². The van der Waals surface area contributed by atoms with Crippen molar-refractivity contribution >= 4 is 27.8 Å². The summed E-state index contributed by atoms with van der Waals surface area (Å²) >= 11 is 0. The molecule has 0 bridgehead atoms. The number of pyridine rings is 2. The van der Waals surface area contributed by atoms with Crippen LogP contribution >= 0.6 is 0 Å². The Morgan fingerprint density at radius 2 is 1.90 bits per heavy atom. The summed E-state index contributed by atoms with van der Waals surface area (Å²) in [6.07, 6.45) is -2.71. The zero-order chi connectivity index (χ0) is 29.1. The van der Waals surface area contributed by atoms with E-state index in [0.717, 1.165) is 23.1 Å². The van der Waals surface area contributed by atoms with E-state index in [4.69, 9.17) is 4.74 Å². The Kier molecular flexibility index (Phi) is 6.28. The summed E-state index contributed by atoms with van der Waals surface area (Å²) < 4.78 is 61.4. The lowest BCUT2D eigenvalue weighted by Crippen LogP contribution is -2.21. The van der Waals surface area contributed by atoms with Gasteiger partial charge in [0.15, 0.2) is 0 Å². The second kappa shape index (κ2) is 9.72. The molecule has 5 aromatic rings. The van der Waals surface area contributed by atoms with Crippen LogP contribution in [-0.4, -0.2) is 27.2 Å². The van der Waals surface area contributed by atoms with E-state index < -0.39 is 29.1 Å². The normalized spacial score (nSPS) is 13.0. The number of hydrogen-bond donors (Lipinski definition) is 1. The zero-order valence-corrected chi connectivity index (χ0v) is 21.7. The molecular weight excluding hydrogens is 540 g/mol. The van der Waals surface area contributed by atoms with Gasteiger partial charge in [0.05, 0.1) is 36.2 Å². The second-order valence-electron chi connectivity index (χ2n) is 10.1. The summed E-state index contributed by atoms with van der Waals surface area (Å²) in [6.45, 7) is 1.91. The molecule has 0 spiro atoms. The lowest BCUT2D eigenvalue weighted by Gasteiger charge is -2.22. The van der Waals surface area contributed by atoms with Gasteiger partial charge in [-0.15, -0.1) is 0 Å². The molecule has 0 saturated carbocycles. The van der Waals surface area contributed by atoms with Crippen molar-refractivity contribution in [2.45, 2.75) is 32.5 Å². The molecule has 41 heavy (non-hydrogen) atoms. The smallest absolute Gasteiger partial charge is 0.416 e. The molecule has 0 fully saturated rings. The van der Waals surface area contributed by atoms with Crippen LogP contribution in [0.15, 0.2) is 65.6 Å². The highest BCUT2D eigenvalue weighted by atomic mass is 19.4. The van der Waals surface area contributed by atoms with Crippen LogP contribution in [0.4, 0.5) is 17.6 Å². The number of fused-ring (bicyclic) bond motifs is 1. The maximum Gasteiger partial charge on any atom is 0.416 e. The van der Waals surface area contributed by atoms with Crippen LogP contribution in [0, 0.1) is 12.7 Å². The lowest BCUT2D eigenvalue weighted by atomic mass is 9.87. The van der Waals surface area contributed by atoms with Crippen molar-refractivity contribution in [3.8, 4) is 16.9 Å². The summed E-state index contributed by atoms with van der Waals surface area (Å²) in [7, 11) is 0. The molecule has 3 aromatic carbocycles. The van der Waals surface area contributed by atoms with Gasteiger partial charge in [0, 0.05) is 35.0 Å². The van der Waals surface area contributed by atoms with Crippen LogP contribution in [0.1, 0.15) is 27.8 Å². The van der Waals surface area contributed by atoms with Gasteiger partial charge in [-0.3, -0.25) is 14.6 Å². The summed E-state index contributed by atoms with van der Waals surface area (Å²) in [4.78, 5) is 29.7. The third-order valence-corrected chi connectivity index (χ3v) is 7.42. The summed E-state index contributed by atoms with van der Waals surface area (Å²) in [5, 5.41) is 11.1. The van der Waals surface area contributed by atoms with Crippen molar-refractivity contribution in [2.24, 2.45) is 0 Å². The summed E-state index contributed by atoms with van der Waals surface area (Å²) in [5.41, 5.74) is 2.59. The van der Waals surface area contributed by atoms with Crippen LogP contribution in [0.3, 0.4) is 0 Å². The first kappa shape index (κ1) is 26.5. The Bertz CT molecular complexity index is 1940. The molecule has 0 radical (unpaired) electrons. The SMILES string of the molecule is Cc1cc2c(ccc(=O)n2Cc2cc(F)cc(C(F)(F)F)c2)c(-c2ccc3c4c(ccnc24)CCO3)c1CC(=O)O. The Morgan fingerprint density at radius 1 is 1.10 bits per heavy atom. The van der Waals surface area contributed by atoms with Crippen molar-refractivity contribution in [3.05, 3.63) is 105 Å². The van der Waals surface area contributed by atoms with Crippen molar-refractivity contribution in [1.82, 2.24) is 9.55 Å². The number of aliphatic carboxylic acids is 1. The first-order valence-corrected chi connectivity index (χ1v) is 12.8. The van der Waals surface area contributed by atoms with Crippen LogP contribution in [0.2, 0.25) is 0 Å². The molecule has 208 valence electrons.